The molecule has 0 unspecified atom stereocenters. The molecular weight excluding hydrogens is 206 g/mol. The zero-order valence-electron chi connectivity index (χ0n) is 11.6. The van der Waals surface area contributed by atoms with Crippen LogP contribution in [0.4, 0.5) is 0 Å². The van der Waals surface area contributed by atoms with Gasteiger partial charge in [0, 0.05) is 18.1 Å². The molecule has 1 heterocycles. The van der Waals surface area contributed by atoms with Crippen LogP contribution in [0.2, 0.25) is 0 Å². The molecule has 1 aromatic carbocycles. The lowest BCUT2D eigenvalue weighted by Crippen LogP contribution is -2.48. The van der Waals surface area contributed by atoms with Crippen molar-refractivity contribution in [2.45, 2.75) is 52.1 Å². The van der Waals surface area contributed by atoms with Gasteiger partial charge >= 0.3 is 0 Å². The second kappa shape index (κ2) is 4.81. The minimum absolute atomic E-state index is 0.259. The molecule has 1 aliphatic heterocycles. The van der Waals surface area contributed by atoms with Gasteiger partial charge in [0.1, 0.15) is 0 Å². The van der Waals surface area contributed by atoms with E-state index in [4.69, 9.17) is 0 Å². The van der Waals surface area contributed by atoms with Crippen LogP contribution in [0, 0.1) is 5.92 Å². The molecule has 0 saturated carbocycles. The predicted molar refractivity (Wildman–Crippen MR) is 74.0 cm³/mol. The summed E-state index contributed by atoms with van der Waals surface area (Å²) in [6.07, 6.45) is 2.65. The van der Waals surface area contributed by atoms with Crippen molar-refractivity contribution in [1.29, 1.82) is 0 Å². The topological polar surface area (TPSA) is 3.24 Å². The maximum absolute atomic E-state index is 2.68. The summed E-state index contributed by atoms with van der Waals surface area (Å²) in [7, 11) is 0. The van der Waals surface area contributed by atoms with Gasteiger partial charge in [-0.1, -0.05) is 37.3 Å². The van der Waals surface area contributed by atoms with E-state index in [0.717, 1.165) is 5.92 Å². The highest BCUT2D eigenvalue weighted by Crippen LogP contribution is 2.37. The van der Waals surface area contributed by atoms with Crippen LogP contribution in [0.3, 0.4) is 0 Å². The molecule has 1 aromatic rings. The smallest absolute Gasteiger partial charge is 0.0353 e. The molecule has 0 aromatic heterocycles. The van der Waals surface area contributed by atoms with Crippen LogP contribution in [-0.4, -0.2) is 17.0 Å². The first-order valence-corrected chi connectivity index (χ1v) is 6.80. The van der Waals surface area contributed by atoms with Crippen molar-refractivity contribution in [1.82, 2.24) is 4.90 Å². The molecule has 0 aliphatic carbocycles. The summed E-state index contributed by atoms with van der Waals surface area (Å²) >= 11 is 0. The van der Waals surface area contributed by atoms with Crippen LogP contribution >= 0.6 is 0 Å². The van der Waals surface area contributed by atoms with Crippen LogP contribution in [-0.2, 0) is 0 Å². The first-order chi connectivity index (χ1) is 7.98. The van der Waals surface area contributed by atoms with Gasteiger partial charge in [0.25, 0.3) is 0 Å². The van der Waals surface area contributed by atoms with Crippen LogP contribution in [0.1, 0.15) is 52.1 Å². The Hall–Kier alpha value is -0.820. The van der Waals surface area contributed by atoms with E-state index in [1.807, 2.05) is 0 Å². The summed E-state index contributed by atoms with van der Waals surface area (Å²) in [6, 6.07) is 11.6. The molecule has 0 bridgehead atoms. The molecule has 0 spiro atoms. The normalized spacial score (nSPS) is 27.1. The highest BCUT2D eigenvalue weighted by Gasteiger charge is 2.34. The molecule has 1 nitrogen and oxygen atoms in total. The Bertz CT molecular complexity index is 350. The third kappa shape index (κ3) is 2.90. The minimum Gasteiger partial charge on any atom is -0.291 e. The van der Waals surface area contributed by atoms with E-state index < -0.39 is 0 Å². The molecule has 17 heavy (non-hydrogen) atoms. The predicted octanol–water partition coefficient (Wildman–Crippen LogP) is 4.26. The first kappa shape index (κ1) is 12.6. The zero-order valence-corrected chi connectivity index (χ0v) is 11.6. The van der Waals surface area contributed by atoms with E-state index in [9.17, 15) is 0 Å². The summed E-state index contributed by atoms with van der Waals surface area (Å²) in [4.78, 5) is 2.68. The van der Waals surface area contributed by atoms with Crippen molar-refractivity contribution >= 4 is 0 Å². The largest absolute Gasteiger partial charge is 0.291 e. The van der Waals surface area contributed by atoms with Gasteiger partial charge in [-0.15, -0.1) is 0 Å². The summed E-state index contributed by atoms with van der Waals surface area (Å²) in [5.74, 6) is 0.828. The van der Waals surface area contributed by atoms with Crippen molar-refractivity contribution in [2.24, 2.45) is 5.92 Å². The summed E-state index contributed by atoms with van der Waals surface area (Å²) in [6.45, 7) is 10.6. The molecule has 0 N–H and O–H groups in total. The van der Waals surface area contributed by atoms with Crippen molar-refractivity contribution in [2.75, 3.05) is 6.54 Å². The van der Waals surface area contributed by atoms with E-state index in [1.165, 1.54) is 24.9 Å². The van der Waals surface area contributed by atoms with Crippen LogP contribution in [0.25, 0.3) is 0 Å². The Morgan fingerprint density at radius 2 is 1.71 bits per heavy atom. The Balaban J connectivity index is 2.25. The molecule has 2 atom stereocenters. The van der Waals surface area contributed by atoms with Gasteiger partial charge in [0.15, 0.2) is 0 Å². The monoisotopic (exact) mass is 231 g/mol. The number of piperidine rings is 1. The number of benzene rings is 1. The average Bonchev–Trinajstić information content (AvgIpc) is 2.29. The van der Waals surface area contributed by atoms with E-state index in [2.05, 4.69) is 62.9 Å². The Kier molecular flexibility index (Phi) is 3.58. The van der Waals surface area contributed by atoms with E-state index in [0.29, 0.717) is 6.04 Å². The minimum atomic E-state index is 0.259. The standard InChI is InChI=1S/C16H25N/c1-13-10-11-15(14-8-6-5-7-9-14)17(12-13)16(2,3)4/h5-9,13,15H,10-12H2,1-4H3/t13-,15-/m1/s1. The van der Waals surface area contributed by atoms with Crippen LogP contribution < -0.4 is 0 Å². The van der Waals surface area contributed by atoms with Crippen LogP contribution in [0.15, 0.2) is 30.3 Å². The fourth-order valence-electron chi connectivity index (χ4n) is 2.92. The molecule has 1 fully saturated rings. The SMILES string of the molecule is C[C@@H]1CC[C@H](c2ccccc2)N(C(C)(C)C)C1. The third-order valence-electron chi connectivity index (χ3n) is 3.86. The molecular formula is C16H25N. The fourth-order valence-corrected chi connectivity index (χ4v) is 2.92. The van der Waals surface area contributed by atoms with Crippen molar-refractivity contribution in [3.05, 3.63) is 35.9 Å². The summed E-state index contributed by atoms with van der Waals surface area (Å²) < 4.78 is 0. The maximum atomic E-state index is 2.68. The maximum Gasteiger partial charge on any atom is 0.0353 e. The Labute approximate surface area is 106 Å². The number of hydrogen-bond donors (Lipinski definition) is 0. The molecule has 0 radical (unpaired) electrons. The number of nitrogens with zero attached hydrogens (tertiary/aromatic N) is 1. The molecule has 1 aliphatic rings. The second-order valence-corrected chi connectivity index (χ2v) is 6.43. The Morgan fingerprint density at radius 3 is 2.29 bits per heavy atom. The van der Waals surface area contributed by atoms with Gasteiger partial charge in [-0.05, 0) is 45.1 Å². The zero-order chi connectivity index (χ0) is 12.5. The van der Waals surface area contributed by atoms with E-state index in [1.54, 1.807) is 0 Å². The molecule has 1 saturated heterocycles. The summed E-state index contributed by atoms with van der Waals surface area (Å²) in [5, 5.41) is 0. The lowest BCUT2D eigenvalue weighted by atomic mass is 9.86. The number of hydrogen-bond acceptors (Lipinski definition) is 1. The second-order valence-electron chi connectivity index (χ2n) is 6.43. The van der Waals surface area contributed by atoms with Gasteiger partial charge in [-0.3, -0.25) is 4.90 Å². The van der Waals surface area contributed by atoms with Gasteiger partial charge in [-0.2, -0.15) is 0 Å². The van der Waals surface area contributed by atoms with Gasteiger partial charge in [0.2, 0.25) is 0 Å². The summed E-state index contributed by atoms with van der Waals surface area (Å²) in [5.41, 5.74) is 1.74. The Morgan fingerprint density at radius 1 is 1.06 bits per heavy atom. The van der Waals surface area contributed by atoms with Crippen molar-refractivity contribution < 1.29 is 0 Å². The number of likely N-dealkylation sites (tertiary alicyclic amines) is 1. The molecule has 94 valence electrons. The van der Waals surface area contributed by atoms with Crippen LogP contribution in [0.5, 0.6) is 0 Å². The molecule has 0 amide bonds. The highest BCUT2D eigenvalue weighted by atomic mass is 15.2. The third-order valence-corrected chi connectivity index (χ3v) is 3.86. The fraction of sp³-hybridized carbons (Fsp3) is 0.625. The van der Waals surface area contributed by atoms with Gasteiger partial charge in [0.05, 0.1) is 0 Å². The lowest BCUT2D eigenvalue weighted by molar-refractivity contribution is 0.0282. The van der Waals surface area contributed by atoms with Crippen molar-refractivity contribution in [3.63, 3.8) is 0 Å². The highest BCUT2D eigenvalue weighted by molar-refractivity contribution is 5.20. The first-order valence-electron chi connectivity index (χ1n) is 6.80. The van der Waals surface area contributed by atoms with E-state index in [-0.39, 0.29) is 5.54 Å². The molecule has 2 rings (SSSR count). The van der Waals surface area contributed by atoms with Crippen molar-refractivity contribution in [3.8, 4) is 0 Å². The number of rotatable bonds is 1. The lowest BCUT2D eigenvalue weighted by Gasteiger charge is -2.47. The van der Waals surface area contributed by atoms with Gasteiger partial charge < -0.3 is 0 Å². The van der Waals surface area contributed by atoms with Gasteiger partial charge in [-0.25, -0.2) is 0 Å². The average molecular weight is 231 g/mol. The quantitative estimate of drug-likeness (QED) is 0.698. The van der Waals surface area contributed by atoms with E-state index >= 15 is 0 Å². The molecule has 1 heteroatoms.